The molecule has 1 saturated carbocycles. The van der Waals surface area contributed by atoms with Crippen molar-refractivity contribution in [3.63, 3.8) is 0 Å². The number of aromatic nitrogens is 2. The third-order valence-corrected chi connectivity index (χ3v) is 6.71. The van der Waals surface area contributed by atoms with Crippen LogP contribution in [0.5, 0.6) is 0 Å². The van der Waals surface area contributed by atoms with Gasteiger partial charge in [0.15, 0.2) is 0 Å². The molecule has 1 aliphatic carbocycles. The number of aryl methyl sites for hydroxylation is 1. The number of carbonyl (C=O) groups excluding carboxylic acids is 1. The minimum Gasteiger partial charge on any atom is -0.458 e. The first kappa shape index (κ1) is 25.5. The van der Waals surface area contributed by atoms with Crippen molar-refractivity contribution in [1.29, 1.82) is 5.26 Å². The number of halogens is 1. The number of carbonyl (C=O) groups is 1. The Morgan fingerprint density at radius 1 is 1.18 bits per heavy atom. The summed E-state index contributed by atoms with van der Waals surface area (Å²) in [7, 11) is 0. The Morgan fingerprint density at radius 2 is 1.85 bits per heavy atom. The summed E-state index contributed by atoms with van der Waals surface area (Å²) >= 11 is 3.75. The van der Waals surface area contributed by atoms with Crippen molar-refractivity contribution in [2.75, 3.05) is 13.2 Å². The van der Waals surface area contributed by atoms with Crippen LogP contribution in [-0.2, 0) is 27.2 Å². The molecular formula is C26H34BrN3O3. The van der Waals surface area contributed by atoms with E-state index in [0.29, 0.717) is 31.3 Å². The van der Waals surface area contributed by atoms with E-state index in [0.717, 1.165) is 53.7 Å². The molecule has 2 aromatic rings. The molecule has 0 aliphatic heterocycles. The van der Waals surface area contributed by atoms with Gasteiger partial charge in [-0.2, -0.15) is 10.4 Å². The van der Waals surface area contributed by atoms with E-state index in [9.17, 15) is 4.79 Å². The van der Waals surface area contributed by atoms with Crippen LogP contribution in [0.2, 0.25) is 0 Å². The lowest BCUT2D eigenvalue weighted by molar-refractivity contribution is -0.160. The smallest absolute Gasteiger partial charge is 0.332 e. The molecule has 33 heavy (non-hydrogen) atoms. The van der Waals surface area contributed by atoms with Gasteiger partial charge in [-0.1, -0.05) is 30.3 Å². The highest BCUT2D eigenvalue weighted by Gasteiger charge is 2.25. The quantitative estimate of drug-likeness (QED) is 0.386. The topological polar surface area (TPSA) is 77.1 Å². The zero-order valence-corrected chi connectivity index (χ0v) is 21.4. The van der Waals surface area contributed by atoms with Crippen molar-refractivity contribution in [3.8, 4) is 17.3 Å². The molecular weight excluding hydrogens is 482 g/mol. The van der Waals surface area contributed by atoms with Crippen LogP contribution in [0.4, 0.5) is 0 Å². The predicted molar refractivity (Wildman–Crippen MR) is 131 cm³/mol. The van der Waals surface area contributed by atoms with Crippen LogP contribution in [0.25, 0.3) is 11.3 Å². The van der Waals surface area contributed by atoms with E-state index < -0.39 is 5.60 Å². The molecule has 0 saturated heterocycles. The van der Waals surface area contributed by atoms with Crippen LogP contribution in [0.3, 0.4) is 0 Å². The van der Waals surface area contributed by atoms with Gasteiger partial charge in [0.05, 0.1) is 28.5 Å². The van der Waals surface area contributed by atoms with Crippen molar-refractivity contribution in [2.24, 2.45) is 11.8 Å². The predicted octanol–water partition coefficient (Wildman–Crippen LogP) is 5.93. The molecule has 0 spiro atoms. The summed E-state index contributed by atoms with van der Waals surface area (Å²) < 4.78 is 14.1. The molecule has 7 heteroatoms. The van der Waals surface area contributed by atoms with Crippen LogP contribution in [-0.4, -0.2) is 34.6 Å². The van der Waals surface area contributed by atoms with E-state index in [1.54, 1.807) is 0 Å². The molecule has 1 aromatic heterocycles. The zero-order chi connectivity index (χ0) is 23.8. The van der Waals surface area contributed by atoms with Crippen LogP contribution in [0.15, 0.2) is 34.8 Å². The van der Waals surface area contributed by atoms with Crippen LogP contribution >= 0.6 is 15.9 Å². The highest BCUT2D eigenvalue weighted by Crippen LogP contribution is 2.35. The summed E-state index contributed by atoms with van der Waals surface area (Å²) in [5.74, 6) is 0.721. The lowest BCUT2D eigenvalue weighted by atomic mass is 9.82. The maximum atomic E-state index is 11.8. The fourth-order valence-corrected chi connectivity index (χ4v) is 5.04. The first-order valence-corrected chi connectivity index (χ1v) is 12.5. The van der Waals surface area contributed by atoms with Gasteiger partial charge in [-0.3, -0.25) is 4.68 Å². The number of benzene rings is 1. The van der Waals surface area contributed by atoms with Gasteiger partial charge in [-0.25, -0.2) is 4.79 Å². The van der Waals surface area contributed by atoms with Crippen molar-refractivity contribution in [3.05, 3.63) is 40.5 Å². The Hall–Kier alpha value is -2.17. The molecule has 0 unspecified atom stereocenters. The normalized spacial score (nSPS) is 18.6. The van der Waals surface area contributed by atoms with E-state index in [1.807, 2.05) is 39.0 Å². The van der Waals surface area contributed by atoms with Gasteiger partial charge in [-0.05, 0) is 74.2 Å². The first-order valence-electron chi connectivity index (χ1n) is 11.7. The average molecular weight is 516 g/mol. The Bertz CT molecular complexity index is 952. The SMILES string of the molecule is CC(C)(C)OC(=O)COC[C@H]1CC[C@@H](Cn2nc(CCC#N)c(Br)c2-c2ccccc2)CC1. The van der Waals surface area contributed by atoms with Crippen molar-refractivity contribution in [1.82, 2.24) is 9.78 Å². The summed E-state index contributed by atoms with van der Waals surface area (Å²) in [6.45, 7) is 7.07. The molecule has 6 nitrogen and oxygen atoms in total. The zero-order valence-electron chi connectivity index (χ0n) is 19.8. The van der Waals surface area contributed by atoms with E-state index in [2.05, 4.69) is 38.8 Å². The van der Waals surface area contributed by atoms with E-state index >= 15 is 0 Å². The Labute approximate surface area is 205 Å². The Kier molecular flexibility index (Phi) is 9.10. The summed E-state index contributed by atoms with van der Waals surface area (Å²) in [6, 6.07) is 12.5. The number of ether oxygens (including phenoxy) is 2. The van der Waals surface area contributed by atoms with Crippen LogP contribution in [0, 0.1) is 23.2 Å². The van der Waals surface area contributed by atoms with Gasteiger partial charge in [0.2, 0.25) is 0 Å². The molecule has 0 bridgehead atoms. The minimum atomic E-state index is -0.479. The fourth-order valence-electron chi connectivity index (χ4n) is 4.33. The summed E-state index contributed by atoms with van der Waals surface area (Å²) in [5.41, 5.74) is 2.68. The van der Waals surface area contributed by atoms with E-state index in [1.165, 1.54) is 0 Å². The Balaban J connectivity index is 1.56. The van der Waals surface area contributed by atoms with Gasteiger partial charge in [-0.15, -0.1) is 0 Å². The van der Waals surface area contributed by atoms with Crippen LogP contribution in [0.1, 0.15) is 58.6 Å². The highest BCUT2D eigenvalue weighted by molar-refractivity contribution is 9.10. The lowest BCUT2D eigenvalue weighted by Crippen LogP contribution is -2.28. The van der Waals surface area contributed by atoms with Gasteiger partial charge in [0.25, 0.3) is 0 Å². The molecule has 0 radical (unpaired) electrons. The summed E-state index contributed by atoms with van der Waals surface area (Å²) in [6.07, 6.45) is 5.50. The Morgan fingerprint density at radius 3 is 2.48 bits per heavy atom. The number of nitriles is 1. The molecule has 0 amide bonds. The van der Waals surface area contributed by atoms with Crippen molar-refractivity contribution < 1.29 is 14.3 Å². The average Bonchev–Trinajstić information content (AvgIpc) is 3.07. The number of hydrogen-bond acceptors (Lipinski definition) is 5. The second-order valence-electron chi connectivity index (χ2n) is 9.80. The molecule has 0 atom stereocenters. The molecule has 178 valence electrons. The molecule has 1 aliphatic rings. The molecule has 0 N–H and O–H groups in total. The van der Waals surface area contributed by atoms with E-state index in [-0.39, 0.29) is 12.6 Å². The molecule has 3 rings (SSSR count). The van der Waals surface area contributed by atoms with Gasteiger partial charge in [0, 0.05) is 24.9 Å². The van der Waals surface area contributed by atoms with Gasteiger partial charge in [0.1, 0.15) is 12.2 Å². The van der Waals surface area contributed by atoms with Gasteiger partial charge < -0.3 is 9.47 Å². The maximum Gasteiger partial charge on any atom is 0.332 e. The molecule has 1 aromatic carbocycles. The lowest BCUT2D eigenvalue weighted by Gasteiger charge is -2.28. The van der Waals surface area contributed by atoms with Gasteiger partial charge >= 0.3 is 5.97 Å². The third kappa shape index (κ3) is 7.68. The number of esters is 1. The summed E-state index contributed by atoms with van der Waals surface area (Å²) in [4.78, 5) is 11.8. The standard InChI is InChI=1S/C26H34BrN3O3/c1-26(2,3)33-23(31)18-32-17-20-13-11-19(12-14-20)16-30-25(21-8-5-4-6-9-21)24(27)22(29-30)10-7-15-28/h4-6,8-9,19-20H,7,10-14,16-18H2,1-3H3/t19-,20+. The first-order chi connectivity index (χ1) is 15.8. The highest BCUT2D eigenvalue weighted by atomic mass is 79.9. The number of nitrogens with zero attached hydrogens (tertiary/aromatic N) is 3. The second kappa shape index (κ2) is 11.8. The molecule has 1 fully saturated rings. The summed E-state index contributed by atoms with van der Waals surface area (Å²) in [5, 5.41) is 13.9. The van der Waals surface area contributed by atoms with E-state index in [4.69, 9.17) is 19.8 Å². The van der Waals surface area contributed by atoms with Crippen molar-refractivity contribution >= 4 is 21.9 Å². The second-order valence-corrected chi connectivity index (χ2v) is 10.6. The van der Waals surface area contributed by atoms with Crippen molar-refractivity contribution in [2.45, 2.75) is 71.4 Å². The minimum absolute atomic E-state index is 0.0183. The number of hydrogen-bond donors (Lipinski definition) is 0. The third-order valence-electron chi connectivity index (χ3n) is 5.87. The van der Waals surface area contributed by atoms with Crippen LogP contribution < -0.4 is 0 Å². The largest absolute Gasteiger partial charge is 0.458 e. The monoisotopic (exact) mass is 515 g/mol. The fraction of sp³-hybridized carbons (Fsp3) is 0.577. The molecule has 1 heterocycles. The maximum absolute atomic E-state index is 11.8. The number of rotatable bonds is 9.